The molecule has 1 heterocycles. The monoisotopic (exact) mass is 487 g/mol. The van der Waals surface area contributed by atoms with Gasteiger partial charge in [-0.1, -0.05) is 97.1 Å². The van der Waals surface area contributed by atoms with Gasteiger partial charge in [0.15, 0.2) is 0 Å². The van der Waals surface area contributed by atoms with Crippen molar-refractivity contribution in [3.8, 4) is 0 Å². The Balaban J connectivity index is 1.52. The topological polar surface area (TPSA) is 61.5 Å². The fraction of sp³-hybridized carbons (Fsp3) is 0.345. The maximum Gasteiger partial charge on any atom is 0.276 e. The Bertz CT molecular complexity index is 1280. The molecule has 6 heteroatoms. The lowest BCUT2D eigenvalue weighted by atomic mass is 9.95. The molecule has 0 amide bonds. The highest BCUT2D eigenvalue weighted by atomic mass is 32.2. The third-order valence-electron chi connectivity index (χ3n) is 7.23. The highest BCUT2D eigenvalue weighted by Gasteiger charge is 2.55. The molecule has 5 nitrogen and oxygen atoms in total. The fourth-order valence-electron chi connectivity index (χ4n) is 5.28. The summed E-state index contributed by atoms with van der Waals surface area (Å²) in [7, 11) is -3.77. The van der Waals surface area contributed by atoms with Crippen molar-refractivity contribution < 1.29 is 8.42 Å². The lowest BCUT2D eigenvalue weighted by Crippen LogP contribution is -2.28. The summed E-state index contributed by atoms with van der Waals surface area (Å²) in [5.41, 5.74) is 5.23. The van der Waals surface area contributed by atoms with Crippen molar-refractivity contribution in [1.29, 1.82) is 0 Å². The Hall–Kier alpha value is -2.96. The van der Waals surface area contributed by atoms with Crippen molar-refractivity contribution in [1.82, 2.24) is 9.73 Å². The fourth-order valence-corrected chi connectivity index (χ4v) is 6.10. The van der Waals surface area contributed by atoms with Crippen molar-refractivity contribution in [2.24, 2.45) is 5.10 Å². The number of nitrogens with one attached hydrogen (secondary N) is 1. The molecule has 3 aromatic carbocycles. The van der Waals surface area contributed by atoms with Gasteiger partial charge >= 0.3 is 0 Å². The predicted octanol–water partition coefficient (Wildman–Crippen LogP) is 5.74. The van der Waals surface area contributed by atoms with E-state index in [9.17, 15) is 8.42 Å². The van der Waals surface area contributed by atoms with Crippen LogP contribution in [0.2, 0.25) is 0 Å². The van der Waals surface area contributed by atoms with E-state index in [4.69, 9.17) is 0 Å². The Labute approximate surface area is 208 Å². The number of rotatable bonds is 7. The molecule has 1 unspecified atom stereocenters. The average Bonchev–Trinajstić information content (AvgIpc) is 3.61. The molecule has 182 valence electrons. The van der Waals surface area contributed by atoms with Crippen LogP contribution in [0.25, 0.3) is 0 Å². The first-order valence-electron chi connectivity index (χ1n) is 12.5. The summed E-state index contributed by atoms with van der Waals surface area (Å²) in [5.74, 6) is 0. The van der Waals surface area contributed by atoms with Crippen LogP contribution in [-0.2, 0) is 10.0 Å². The number of sulfonamides is 1. The van der Waals surface area contributed by atoms with Crippen LogP contribution >= 0.6 is 0 Å². The van der Waals surface area contributed by atoms with Crippen molar-refractivity contribution in [2.45, 2.75) is 69.0 Å². The summed E-state index contributed by atoms with van der Waals surface area (Å²) in [6.45, 7) is 4.04. The minimum atomic E-state index is -3.77. The number of benzene rings is 3. The largest absolute Gasteiger partial charge is 0.281 e. The summed E-state index contributed by atoms with van der Waals surface area (Å²) in [6, 6.07) is 26.2. The van der Waals surface area contributed by atoms with Crippen LogP contribution in [0.4, 0.5) is 0 Å². The number of hydrogen-bond acceptors (Lipinski definition) is 4. The molecule has 2 fully saturated rings. The second-order valence-corrected chi connectivity index (χ2v) is 11.5. The molecule has 3 aromatic rings. The van der Waals surface area contributed by atoms with E-state index in [1.807, 2.05) is 37.3 Å². The highest BCUT2D eigenvalue weighted by Crippen LogP contribution is 2.49. The zero-order valence-electron chi connectivity index (χ0n) is 20.4. The van der Waals surface area contributed by atoms with Crippen LogP contribution in [0.3, 0.4) is 0 Å². The molecule has 0 radical (unpaired) electrons. The van der Waals surface area contributed by atoms with E-state index in [2.05, 4.69) is 46.0 Å². The average molecular weight is 488 g/mol. The first-order chi connectivity index (χ1) is 16.9. The van der Waals surface area contributed by atoms with Gasteiger partial charge in [-0.05, 0) is 49.9 Å². The minimum absolute atomic E-state index is 0.0314. The third-order valence-corrected chi connectivity index (χ3v) is 8.46. The van der Waals surface area contributed by atoms with Crippen LogP contribution in [0.15, 0.2) is 88.9 Å². The van der Waals surface area contributed by atoms with Gasteiger partial charge in [0.1, 0.15) is 0 Å². The van der Waals surface area contributed by atoms with Gasteiger partial charge in [0.25, 0.3) is 10.0 Å². The molecule has 1 saturated heterocycles. The van der Waals surface area contributed by atoms with E-state index in [0.29, 0.717) is 6.04 Å². The van der Waals surface area contributed by atoms with E-state index in [1.165, 1.54) is 43.2 Å². The van der Waals surface area contributed by atoms with Gasteiger partial charge in [0, 0.05) is 6.04 Å². The maximum atomic E-state index is 13.1. The van der Waals surface area contributed by atoms with Gasteiger partial charge in [-0.3, -0.25) is 4.90 Å². The molecule has 1 saturated carbocycles. The summed E-state index contributed by atoms with van der Waals surface area (Å²) in [6.07, 6.45) is 6.13. The number of aryl methyl sites for hydroxylation is 2. The number of hydrazone groups is 1. The zero-order chi connectivity index (χ0) is 24.4. The van der Waals surface area contributed by atoms with Gasteiger partial charge in [-0.2, -0.15) is 18.4 Å². The van der Waals surface area contributed by atoms with Crippen LogP contribution in [-0.4, -0.2) is 31.1 Å². The van der Waals surface area contributed by atoms with E-state index in [1.54, 1.807) is 24.3 Å². The molecule has 2 aliphatic rings. The Kier molecular flexibility index (Phi) is 6.76. The van der Waals surface area contributed by atoms with E-state index >= 15 is 0 Å². The highest BCUT2D eigenvalue weighted by molar-refractivity contribution is 7.89. The minimum Gasteiger partial charge on any atom is -0.281 e. The molecule has 0 bridgehead atoms. The summed E-state index contributed by atoms with van der Waals surface area (Å²) >= 11 is 0. The molecule has 35 heavy (non-hydrogen) atoms. The normalized spacial score (nSPS) is 23.1. The first-order valence-corrected chi connectivity index (χ1v) is 14.0. The summed E-state index contributed by atoms with van der Waals surface area (Å²) in [4.78, 5) is 5.32. The first kappa shape index (κ1) is 23.8. The van der Waals surface area contributed by atoms with Crippen LogP contribution in [0.5, 0.6) is 0 Å². The molecule has 0 spiro atoms. The quantitative estimate of drug-likeness (QED) is 0.262. The maximum absolute atomic E-state index is 13.1. The van der Waals surface area contributed by atoms with Gasteiger partial charge in [0.2, 0.25) is 0 Å². The Morgan fingerprint density at radius 2 is 1.43 bits per heavy atom. The van der Waals surface area contributed by atoms with Gasteiger partial charge < -0.3 is 0 Å². The number of nitrogens with zero attached hydrogens (tertiary/aromatic N) is 2. The van der Waals surface area contributed by atoms with E-state index < -0.39 is 10.0 Å². The van der Waals surface area contributed by atoms with Crippen LogP contribution in [0, 0.1) is 13.8 Å². The van der Waals surface area contributed by atoms with Crippen molar-refractivity contribution in [3.63, 3.8) is 0 Å². The molecule has 5 rings (SSSR count). The van der Waals surface area contributed by atoms with Gasteiger partial charge in [-0.15, -0.1) is 0 Å². The van der Waals surface area contributed by atoms with Gasteiger partial charge in [0.05, 0.1) is 22.7 Å². The van der Waals surface area contributed by atoms with E-state index in [-0.39, 0.29) is 17.0 Å². The molecular weight excluding hydrogens is 454 g/mol. The van der Waals surface area contributed by atoms with E-state index in [0.717, 1.165) is 16.8 Å². The molecule has 1 N–H and O–H groups in total. The second kappa shape index (κ2) is 9.96. The van der Waals surface area contributed by atoms with Crippen molar-refractivity contribution in [2.75, 3.05) is 0 Å². The molecule has 1 aliphatic carbocycles. The summed E-state index contributed by atoms with van der Waals surface area (Å²) < 4.78 is 26.1. The SMILES string of the molecule is Cc1ccc([C@H]2[C@@H](/C(=N/NS(=O)(=O)c3ccc(C)cc3)c3ccccc3)N2C2CCCCC2)cc1. The Morgan fingerprint density at radius 3 is 2.06 bits per heavy atom. The summed E-state index contributed by atoms with van der Waals surface area (Å²) in [5, 5.41) is 4.60. The third kappa shape index (κ3) is 5.19. The smallest absolute Gasteiger partial charge is 0.276 e. The van der Waals surface area contributed by atoms with Crippen molar-refractivity contribution >= 4 is 15.7 Å². The lowest BCUT2D eigenvalue weighted by Gasteiger charge is -2.24. The Morgan fingerprint density at radius 1 is 0.829 bits per heavy atom. The zero-order valence-corrected chi connectivity index (χ0v) is 21.2. The second-order valence-electron chi connectivity index (χ2n) is 9.81. The van der Waals surface area contributed by atoms with Crippen LogP contribution < -0.4 is 4.83 Å². The lowest BCUT2D eigenvalue weighted by molar-refractivity contribution is 0.277. The molecular formula is C29H33N3O2S. The molecule has 3 atom stereocenters. The van der Waals surface area contributed by atoms with Crippen LogP contribution in [0.1, 0.15) is 60.4 Å². The molecule has 0 aromatic heterocycles. The van der Waals surface area contributed by atoms with Gasteiger partial charge in [-0.25, -0.2) is 0 Å². The standard InChI is InChI=1S/C29H33N3O2S/c1-21-13-17-24(18-14-21)28-29(32(28)25-11-7-4-8-12-25)27(23-9-5-3-6-10-23)30-31-35(33,34)26-19-15-22(2)16-20-26/h3,5-6,9-10,13-20,25,28-29,31H,4,7-8,11-12H2,1-2H3/b30-27+/t28-,29+,32?/m0/s1. The van der Waals surface area contributed by atoms with Crippen molar-refractivity contribution in [3.05, 3.63) is 101 Å². The predicted molar refractivity (Wildman–Crippen MR) is 141 cm³/mol. The number of hydrogen-bond donors (Lipinski definition) is 1. The molecule has 1 aliphatic heterocycles.